The summed E-state index contributed by atoms with van der Waals surface area (Å²) in [5.41, 5.74) is 4.11. The van der Waals surface area contributed by atoms with Gasteiger partial charge in [0, 0.05) is 16.3 Å². The van der Waals surface area contributed by atoms with E-state index in [1.165, 1.54) is 23.3 Å². The van der Waals surface area contributed by atoms with E-state index in [1.807, 2.05) is 6.07 Å². The van der Waals surface area contributed by atoms with Crippen molar-refractivity contribution in [2.24, 2.45) is 5.41 Å². The molecule has 3 rings (SSSR count). The average Bonchev–Trinajstić information content (AvgIpc) is 2.97. The summed E-state index contributed by atoms with van der Waals surface area (Å²) in [6.07, 6.45) is 5.34. The molecule has 4 heteroatoms. The summed E-state index contributed by atoms with van der Waals surface area (Å²) in [7, 11) is 2.15. The normalized spacial score (nSPS) is 15.7. The van der Waals surface area contributed by atoms with Crippen molar-refractivity contribution >= 4 is 17.3 Å². The van der Waals surface area contributed by atoms with Crippen molar-refractivity contribution in [1.29, 1.82) is 0 Å². The second kappa shape index (κ2) is 8.15. The lowest BCUT2D eigenvalue weighted by molar-refractivity contribution is 0.0696. The molecule has 1 aliphatic rings. The van der Waals surface area contributed by atoms with Crippen LogP contribution in [0.15, 0.2) is 24.3 Å². The van der Waals surface area contributed by atoms with Crippen molar-refractivity contribution in [1.82, 2.24) is 4.90 Å². The van der Waals surface area contributed by atoms with Crippen LogP contribution in [-0.4, -0.2) is 29.6 Å². The second-order valence-corrected chi connectivity index (χ2v) is 9.71. The number of carboxylic acids is 1. The molecule has 1 aromatic heterocycles. The largest absolute Gasteiger partial charge is 0.478 e. The maximum atomic E-state index is 12.2. The van der Waals surface area contributed by atoms with Gasteiger partial charge in [-0.1, -0.05) is 51.5 Å². The minimum Gasteiger partial charge on any atom is -0.478 e. The second-order valence-electron chi connectivity index (χ2n) is 8.60. The molecule has 2 aromatic rings. The minimum absolute atomic E-state index is 0.176. The molecule has 1 heterocycles. The van der Waals surface area contributed by atoms with E-state index in [2.05, 4.69) is 50.9 Å². The number of benzene rings is 1. The first-order valence-corrected chi connectivity index (χ1v) is 10.8. The summed E-state index contributed by atoms with van der Waals surface area (Å²) >= 11 is 1.70. The highest BCUT2D eigenvalue weighted by Gasteiger charge is 2.33. The Hall–Kier alpha value is -1.65. The van der Waals surface area contributed by atoms with Crippen molar-refractivity contribution in [3.8, 4) is 10.4 Å². The molecule has 146 valence electrons. The summed E-state index contributed by atoms with van der Waals surface area (Å²) in [5.74, 6) is -0.783. The number of rotatable bonds is 7. The third kappa shape index (κ3) is 4.44. The molecule has 1 aromatic carbocycles. The summed E-state index contributed by atoms with van der Waals surface area (Å²) in [5, 5.41) is 10.0. The minimum atomic E-state index is -0.783. The third-order valence-corrected chi connectivity index (χ3v) is 6.91. The van der Waals surface area contributed by atoms with E-state index in [4.69, 9.17) is 0 Å². The smallest absolute Gasteiger partial charge is 0.337 e. The molecule has 0 bridgehead atoms. The van der Waals surface area contributed by atoms with E-state index in [-0.39, 0.29) is 5.41 Å². The van der Waals surface area contributed by atoms with Gasteiger partial charge in [0.25, 0.3) is 0 Å². The molecule has 0 fully saturated rings. The number of carbonyl (C=O) groups is 1. The van der Waals surface area contributed by atoms with Crippen LogP contribution in [0.1, 0.15) is 66.4 Å². The summed E-state index contributed by atoms with van der Waals surface area (Å²) in [4.78, 5) is 16.8. The number of thiophene rings is 1. The number of nitrogens with zero attached hydrogens (tertiary/aromatic N) is 1. The van der Waals surface area contributed by atoms with E-state index >= 15 is 0 Å². The van der Waals surface area contributed by atoms with E-state index in [1.54, 1.807) is 11.3 Å². The Labute approximate surface area is 167 Å². The molecule has 0 atom stereocenters. The molecule has 0 saturated carbocycles. The molecular weight excluding hydrogens is 354 g/mol. The first-order chi connectivity index (χ1) is 12.8. The van der Waals surface area contributed by atoms with Crippen LogP contribution < -0.4 is 0 Å². The van der Waals surface area contributed by atoms with E-state index in [9.17, 15) is 9.90 Å². The van der Waals surface area contributed by atoms with Crippen molar-refractivity contribution in [3.05, 3.63) is 45.8 Å². The highest BCUT2D eigenvalue weighted by molar-refractivity contribution is 7.16. The summed E-state index contributed by atoms with van der Waals surface area (Å²) < 4.78 is 0. The van der Waals surface area contributed by atoms with Gasteiger partial charge in [0.15, 0.2) is 0 Å². The van der Waals surface area contributed by atoms with Gasteiger partial charge in [-0.2, -0.15) is 0 Å². The van der Waals surface area contributed by atoms with E-state index in [0.717, 1.165) is 48.4 Å². The Bertz CT molecular complexity index is 822. The molecule has 1 N–H and O–H groups in total. The number of fused-ring (bicyclic) bond motifs is 1. The van der Waals surface area contributed by atoms with Gasteiger partial charge >= 0.3 is 5.97 Å². The maximum absolute atomic E-state index is 12.2. The molecule has 0 radical (unpaired) electrons. The molecule has 0 spiro atoms. The fraction of sp³-hybridized carbons (Fsp3) is 0.522. The van der Waals surface area contributed by atoms with Gasteiger partial charge in [-0.3, -0.25) is 0 Å². The zero-order valence-electron chi connectivity index (χ0n) is 17.0. The standard InChI is InChI=1S/C23H31NO2S/c1-5-6-13-24(4)15-16-9-7-8-10-17(16)21-20(22(25)26)18-14-23(2,3)12-11-19(18)27-21/h7-10H,5-6,11-15H2,1-4H3,(H,25,26). The van der Waals surface area contributed by atoms with Gasteiger partial charge in [-0.05, 0) is 61.4 Å². The van der Waals surface area contributed by atoms with Crippen LogP contribution in [0.2, 0.25) is 0 Å². The molecular formula is C23H31NO2S. The number of aryl methyl sites for hydroxylation is 1. The van der Waals surface area contributed by atoms with Gasteiger partial charge in [0.1, 0.15) is 0 Å². The highest BCUT2D eigenvalue weighted by Crippen LogP contribution is 2.45. The monoisotopic (exact) mass is 385 g/mol. The molecule has 0 saturated heterocycles. The Morgan fingerprint density at radius 3 is 2.74 bits per heavy atom. The van der Waals surface area contributed by atoms with Crippen LogP contribution in [-0.2, 0) is 19.4 Å². The van der Waals surface area contributed by atoms with Gasteiger partial charge < -0.3 is 10.0 Å². The van der Waals surface area contributed by atoms with Crippen LogP contribution in [0.4, 0.5) is 0 Å². The Morgan fingerprint density at radius 2 is 2.04 bits per heavy atom. The quantitative estimate of drug-likeness (QED) is 0.649. The zero-order chi connectivity index (χ0) is 19.6. The number of unbranched alkanes of at least 4 members (excludes halogenated alkanes) is 1. The number of hydrogen-bond acceptors (Lipinski definition) is 3. The van der Waals surface area contributed by atoms with Gasteiger partial charge in [0.05, 0.1) is 5.56 Å². The first kappa shape index (κ1) is 20.1. The lowest BCUT2D eigenvalue weighted by Gasteiger charge is -2.29. The third-order valence-electron chi connectivity index (χ3n) is 5.58. The highest BCUT2D eigenvalue weighted by atomic mass is 32.1. The molecule has 1 aliphatic carbocycles. The van der Waals surface area contributed by atoms with Gasteiger partial charge in [-0.15, -0.1) is 11.3 Å². The number of carboxylic acid groups (broad SMARTS) is 1. The summed E-state index contributed by atoms with van der Waals surface area (Å²) in [6.45, 7) is 8.61. The maximum Gasteiger partial charge on any atom is 0.337 e. The Morgan fingerprint density at radius 1 is 1.30 bits per heavy atom. The van der Waals surface area contributed by atoms with Crippen LogP contribution in [0.3, 0.4) is 0 Å². The molecule has 27 heavy (non-hydrogen) atoms. The van der Waals surface area contributed by atoms with Crippen LogP contribution in [0.25, 0.3) is 10.4 Å². The SMILES string of the molecule is CCCCN(C)Cc1ccccc1-c1sc2c(c1C(=O)O)CC(C)(C)CC2. The van der Waals surface area contributed by atoms with Gasteiger partial charge in [0.2, 0.25) is 0 Å². The predicted octanol–water partition coefficient (Wildman–Crippen LogP) is 5.86. The fourth-order valence-corrected chi connectivity index (χ4v) is 5.38. The topological polar surface area (TPSA) is 40.5 Å². The van der Waals surface area contributed by atoms with Crippen molar-refractivity contribution in [2.45, 2.75) is 59.4 Å². The van der Waals surface area contributed by atoms with Crippen LogP contribution in [0, 0.1) is 5.41 Å². The van der Waals surface area contributed by atoms with E-state index in [0.29, 0.717) is 5.56 Å². The van der Waals surface area contributed by atoms with Gasteiger partial charge in [-0.25, -0.2) is 4.79 Å². The van der Waals surface area contributed by atoms with Crippen molar-refractivity contribution in [2.75, 3.05) is 13.6 Å². The lowest BCUT2D eigenvalue weighted by Crippen LogP contribution is -2.22. The fourth-order valence-electron chi connectivity index (χ4n) is 4.01. The van der Waals surface area contributed by atoms with Crippen molar-refractivity contribution in [3.63, 3.8) is 0 Å². The first-order valence-electron chi connectivity index (χ1n) is 9.97. The number of hydrogen-bond donors (Lipinski definition) is 1. The molecule has 0 aliphatic heterocycles. The van der Waals surface area contributed by atoms with Crippen molar-refractivity contribution < 1.29 is 9.90 Å². The molecule has 0 unspecified atom stereocenters. The Balaban J connectivity index is 2.03. The summed E-state index contributed by atoms with van der Waals surface area (Å²) in [6, 6.07) is 8.33. The van der Waals surface area contributed by atoms with Crippen LogP contribution >= 0.6 is 11.3 Å². The van der Waals surface area contributed by atoms with E-state index < -0.39 is 5.97 Å². The lowest BCUT2D eigenvalue weighted by atomic mass is 9.76. The predicted molar refractivity (Wildman–Crippen MR) is 114 cm³/mol. The van der Waals surface area contributed by atoms with Crippen LogP contribution in [0.5, 0.6) is 0 Å². The molecule has 0 amide bonds. The zero-order valence-corrected chi connectivity index (χ0v) is 17.8. The number of aromatic carboxylic acids is 1. The average molecular weight is 386 g/mol. The molecule has 3 nitrogen and oxygen atoms in total. The Kier molecular flexibility index (Phi) is 6.07.